The molecule has 31 heavy (non-hydrogen) atoms. The molecule has 4 rings (SSSR count). The van der Waals surface area contributed by atoms with Gasteiger partial charge in [0, 0.05) is 11.3 Å². The van der Waals surface area contributed by atoms with Crippen molar-refractivity contribution in [2.75, 3.05) is 13.2 Å². The summed E-state index contributed by atoms with van der Waals surface area (Å²) >= 11 is 1.28. The zero-order chi connectivity index (χ0) is 21.8. The molecular weight excluding hydrogens is 412 g/mol. The maximum atomic E-state index is 12.4. The molecule has 2 aromatic carbocycles. The topological polar surface area (TPSA) is 77.5 Å². The molecule has 0 unspecified atom stereocenters. The largest absolute Gasteiger partial charge is 0.457 e. The van der Waals surface area contributed by atoms with Crippen molar-refractivity contribution in [3.05, 3.63) is 88.4 Å². The van der Waals surface area contributed by atoms with Gasteiger partial charge in [0.2, 0.25) is 0 Å². The SMILES string of the molecule is C=CCOC(=O)c1csc([C@@H](C)NC(=O)OCC2c3ccccc3-c3ccccc32)n1. The maximum absolute atomic E-state index is 12.4. The van der Waals surface area contributed by atoms with E-state index in [0.717, 1.165) is 11.1 Å². The van der Waals surface area contributed by atoms with Gasteiger partial charge in [-0.3, -0.25) is 0 Å². The Bertz CT molecular complexity index is 1080. The van der Waals surface area contributed by atoms with E-state index in [2.05, 4.69) is 41.1 Å². The normalized spacial score (nSPS) is 13.1. The Kier molecular flexibility index (Phi) is 6.13. The van der Waals surface area contributed by atoms with Gasteiger partial charge >= 0.3 is 12.1 Å². The van der Waals surface area contributed by atoms with Crippen LogP contribution >= 0.6 is 11.3 Å². The number of carbonyl (C=O) groups excluding carboxylic acids is 2. The predicted octanol–water partition coefficient (Wildman–Crippen LogP) is 5.09. The first-order chi connectivity index (χ1) is 15.1. The smallest absolute Gasteiger partial charge is 0.407 e. The summed E-state index contributed by atoms with van der Waals surface area (Å²) in [6, 6.07) is 16.0. The van der Waals surface area contributed by atoms with Crippen LogP contribution in [-0.2, 0) is 9.47 Å². The first-order valence-corrected chi connectivity index (χ1v) is 10.8. The molecule has 1 atom stereocenters. The minimum atomic E-state index is -0.527. The van der Waals surface area contributed by atoms with Crippen molar-refractivity contribution in [2.24, 2.45) is 0 Å². The van der Waals surface area contributed by atoms with E-state index in [1.54, 1.807) is 12.3 Å². The first-order valence-electron chi connectivity index (χ1n) is 9.93. The molecule has 158 valence electrons. The van der Waals surface area contributed by atoms with Crippen LogP contribution in [0.25, 0.3) is 11.1 Å². The number of nitrogens with zero attached hydrogens (tertiary/aromatic N) is 1. The molecule has 1 aromatic heterocycles. The molecule has 0 saturated heterocycles. The molecule has 0 radical (unpaired) electrons. The molecule has 1 aliphatic carbocycles. The van der Waals surface area contributed by atoms with Gasteiger partial charge in [-0.25, -0.2) is 14.6 Å². The highest BCUT2D eigenvalue weighted by Crippen LogP contribution is 2.44. The lowest BCUT2D eigenvalue weighted by Crippen LogP contribution is -2.28. The number of hydrogen-bond donors (Lipinski definition) is 1. The molecule has 3 aromatic rings. The fourth-order valence-electron chi connectivity index (χ4n) is 3.67. The number of rotatable bonds is 7. The van der Waals surface area contributed by atoms with Crippen LogP contribution in [0.5, 0.6) is 0 Å². The maximum Gasteiger partial charge on any atom is 0.407 e. The Balaban J connectivity index is 1.37. The van der Waals surface area contributed by atoms with E-state index in [1.165, 1.54) is 28.5 Å². The van der Waals surface area contributed by atoms with E-state index in [-0.39, 0.29) is 24.8 Å². The van der Waals surface area contributed by atoms with Crippen LogP contribution in [0.1, 0.15) is 45.5 Å². The first kappa shape index (κ1) is 20.8. The third kappa shape index (κ3) is 4.36. The second-order valence-corrected chi connectivity index (χ2v) is 8.04. The standard InChI is InChI=1S/C24H22N2O4S/c1-3-12-29-23(27)21-14-31-22(26-21)15(2)25-24(28)30-13-20-18-10-6-4-8-16(18)17-9-5-7-11-19(17)20/h3-11,14-15,20H,1,12-13H2,2H3,(H,25,28)/t15-/m1/s1. The van der Waals surface area contributed by atoms with E-state index in [1.807, 2.05) is 24.3 Å². The third-order valence-electron chi connectivity index (χ3n) is 5.11. The van der Waals surface area contributed by atoms with E-state index in [4.69, 9.17) is 9.47 Å². The van der Waals surface area contributed by atoms with Crippen LogP contribution in [0.15, 0.2) is 66.6 Å². The lowest BCUT2D eigenvalue weighted by molar-refractivity contribution is 0.0543. The molecule has 0 bridgehead atoms. The van der Waals surface area contributed by atoms with Gasteiger partial charge < -0.3 is 14.8 Å². The van der Waals surface area contributed by atoms with E-state index in [0.29, 0.717) is 5.01 Å². The summed E-state index contributed by atoms with van der Waals surface area (Å²) in [4.78, 5) is 28.6. The fraction of sp³-hybridized carbons (Fsp3) is 0.208. The zero-order valence-corrected chi connectivity index (χ0v) is 17.9. The highest BCUT2D eigenvalue weighted by Gasteiger charge is 2.29. The lowest BCUT2D eigenvalue weighted by Gasteiger charge is -2.16. The van der Waals surface area contributed by atoms with Crippen LogP contribution in [-0.4, -0.2) is 30.3 Å². The number of alkyl carbamates (subject to hydrolysis) is 1. The van der Waals surface area contributed by atoms with Gasteiger partial charge in [0.1, 0.15) is 18.2 Å². The fourth-order valence-corrected chi connectivity index (χ4v) is 4.46. The number of aromatic nitrogens is 1. The van der Waals surface area contributed by atoms with E-state index < -0.39 is 18.1 Å². The number of amides is 1. The van der Waals surface area contributed by atoms with Gasteiger partial charge in [0.25, 0.3) is 0 Å². The van der Waals surface area contributed by atoms with Crippen molar-refractivity contribution in [3.8, 4) is 11.1 Å². The number of benzene rings is 2. The van der Waals surface area contributed by atoms with Crippen molar-refractivity contribution < 1.29 is 19.1 Å². The van der Waals surface area contributed by atoms with E-state index in [9.17, 15) is 9.59 Å². The van der Waals surface area contributed by atoms with Crippen LogP contribution in [0.4, 0.5) is 4.79 Å². The Morgan fingerprint density at radius 3 is 2.42 bits per heavy atom. The molecule has 1 amide bonds. The Hall–Kier alpha value is -3.45. The number of fused-ring (bicyclic) bond motifs is 3. The second-order valence-electron chi connectivity index (χ2n) is 7.15. The Labute approximate surface area is 184 Å². The van der Waals surface area contributed by atoms with Crippen LogP contribution < -0.4 is 5.32 Å². The average Bonchev–Trinajstić information content (AvgIpc) is 3.40. The molecule has 7 heteroatoms. The summed E-state index contributed by atoms with van der Waals surface area (Å²) < 4.78 is 10.5. The van der Waals surface area contributed by atoms with Gasteiger partial charge in [-0.2, -0.15) is 0 Å². The molecule has 1 aliphatic rings. The van der Waals surface area contributed by atoms with E-state index >= 15 is 0 Å². The molecule has 0 aliphatic heterocycles. The number of ether oxygens (including phenoxy) is 2. The Morgan fingerprint density at radius 1 is 1.13 bits per heavy atom. The van der Waals surface area contributed by atoms with Crippen LogP contribution in [0.2, 0.25) is 0 Å². The van der Waals surface area contributed by atoms with Crippen molar-refractivity contribution in [3.63, 3.8) is 0 Å². The predicted molar refractivity (Wildman–Crippen MR) is 119 cm³/mol. The van der Waals surface area contributed by atoms with Crippen molar-refractivity contribution in [2.45, 2.75) is 18.9 Å². The van der Waals surface area contributed by atoms with Gasteiger partial charge in [-0.15, -0.1) is 11.3 Å². The highest BCUT2D eigenvalue weighted by atomic mass is 32.1. The van der Waals surface area contributed by atoms with Gasteiger partial charge in [0.05, 0.1) is 6.04 Å². The summed E-state index contributed by atoms with van der Waals surface area (Å²) in [7, 11) is 0. The molecular formula is C24H22N2O4S. The quantitative estimate of drug-likeness (QED) is 0.414. The second kappa shape index (κ2) is 9.14. The van der Waals surface area contributed by atoms with Crippen molar-refractivity contribution in [1.29, 1.82) is 0 Å². The number of thiazole rings is 1. The zero-order valence-electron chi connectivity index (χ0n) is 17.0. The summed E-state index contributed by atoms with van der Waals surface area (Å²) in [6.45, 7) is 5.66. The molecule has 0 spiro atoms. The van der Waals surface area contributed by atoms with Crippen molar-refractivity contribution >= 4 is 23.4 Å². The Morgan fingerprint density at radius 2 is 1.77 bits per heavy atom. The highest BCUT2D eigenvalue weighted by molar-refractivity contribution is 7.09. The number of carbonyl (C=O) groups is 2. The number of hydrogen-bond acceptors (Lipinski definition) is 6. The summed E-state index contributed by atoms with van der Waals surface area (Å²) in [5.41, 5.74) is 4.89. The minimum Gasteiger partial charge on any atom is -0.457 e. The third-order valence-corrected chi connectivity index (χ3v) is 6.14. The molecule has 6 nitrogen and oxygen atoms in total. The number of nitrogens with one attached hydrogen (secondary N) is 1. The number of esters is 1. The molecule has 0 fully saturated rings. The monoisotopic (exact) mass is 434 g/mol. The molecule has 0 saturated carbocycles. The molecule has 1 N–H and O–H groups in total. The average molecular weight is 435 g/mol. The van der Waals surface area contributed by atoms with Gasteiger partial charge in [-0.05, 0) is 29.2 Å². The van der Waals surface area contributed by atoms with Crippen LogP contribution in [0.3, 0.4) is 0 Å². The molecule has 1 heterocycles. The lowest BCUT2D eigenvalue weighted by atomic mass is 9.98. The minimum absolute atomic E-state index is 0.000415. The van der Waals surface area contributed by atoms with Gasteiger partial charge in [-0.1, -0.05) is 61.2 Å². The van der Waals surface area contributed by atoms with Gasteiger partial charge in [0.15, 0.2) is 5.69 Å². The summed E-state index contributed by atoms with van der Waals surface area (Å²) in [5, 5.41) is 4.99. The van der Waals surface area contributed by atoms with Crippen molar-refractivity contribution in [1.82, 2.24) is 10.3 Å². The summed E-state index contributed by atoms with van der Waals surface area (Å²) in [6.07, 6.45) is 0.965. The van der Waals surface area contributed by atoms with Crippen LogP contribution in [0, 0.1) is 0 Å². The summed E-state index contributed by atoms with van der Waals surface area (Å²) in [5.74, 6) is -0.518.